The van der Waals surface area contributed by atoms with Gasteiger partial charge in [0.25, 0.3) is 0 Å². The quantitative estimate of drug-likeness (QED) is 0.768. The second-order valence-electron chi connectivity index (χ2n) is 5.01. The lowest BCUT2D eigenvalue weighted by Crippen LogP contribution is -2.24. The maximum atomic E-state index is 13.4. The Morgan fingerprint density at radius 1 is 0.957 bits per heavy atom. The molecule has 122 valence electrons. The number of halogens is 3. The minimum atomic E-state index is -0.814. The van der Waals surface area contributed by atoms with Gasteiger partial charge in [-0.2, -0.15) is 0 Å². The minimum Gasteiger partial charge on any atom is -0.324 e. The number of hydrogen-bond donors (Lipinski definition) is 2. The van der Waals surface area contributed by atoms with E-state index in [-0.39, 0.29) is 23.8 Å². The highest BCUT2D eigenvalue weighted by Crippen LogP contribution is 2.14. The third-order valence-corrected chi connectivity index (χ3v) is 3.26. The number of hydrogen-bond acceptors (Lipinski definition) is 2. The summed E-state index contributed by atoms with van der Waals surface area (Å²) in [4.78, 5) is 11.7. The third-order valence-electron chi connectivity index (χ3n) is 3.26. The zero-order valence-electron chi connectivity index (χ0n) is 12.4. The number of rotatable bonds is 7. The predicted octanol–water partition coefficient (Wildman–Crippen LogP) is 3.26. The lowest BCUT2D eigenvalue weighted by molar-refractivity contribution is -0.116. The Balaban J connectivity index is 1.68. The average Bonchev–Trinajstić information content (AvgIpc) is 2.51. The number of nitrogens with one attached hydrogen (secondary N) is 2. The second-order valence-corrected chi connectivity index (χ2v) is 5.01. The standard InChI is InChI=1S/C17H17F3N2O/c18-13-5-6-16(15(20)11-13)22-17(23)8-10-21-9-7-12-3-1-2-4-14(12)19/h1-6,11,21H,7-10H2,(H,22,23). The number of amides is 1. The van der Waals surface area contributed by atoms with Gasteiger partial charge in [0.15, 0.2) is 0 Å². The zero-order chi connectivity index (χ0) is 16.7. The molecule has 0 spiro atoms. The van der Waals surface area contributed by atoms with Crippen molar-refractivity contribution in [2.45, 2.75) is 12.8 Å². The molecule has 0 radical (unpaired) electrons. The van der Waals surface area contributed by atoms with Crippen molar-refractivity contribution in [2.24, 2.45) is 0 Å². The van der Waals surface area contributed by atoms with Crippen LogP contribution in [0.4, 0.5) is 18.9 Å². The minimum absolute atomic E-state index is 0.0530. The summed E-state index contributed by atoms with van der Waals surface area (Å²) in [5.74, 6) is -2.14. The van der Waals surface area contributed by atoms with Gasteiger partial charge in [-0.25, -0.2) is 13.2 Å². The highest BCUT2D eigenvalue weighted by atomic mass is 19.1. The highest BCUT2D eigenvalue weighted by molar-refractivity contribution is 5.90. The molecule has 0 bridgehead atoms. The van der Waals surface area contributed by atoms with Gasteiger partial charge in [-0.3, -0.25) is 4.79 Å². The average molecular weight is 322 g/mol. The molecule has 23 heavy (non-hydrogen) atoms. The molecule has 0 aliphatic rings. The molecule has 0 aliphatic heterocycles. The monoisotopic (exact) mass is 322 g/mol. The summed E-state index contributed by atoms with van der Waals surface area (Å²) in [6, 6.07) is 9.47. The smallest absolute Gasteiger partial charge is 0.225 e. The van der Waals surface area contributed by atoms with Gasteiger partial charge < -0.3 is 10.6 Å². The van der Waals surface area contributed by atoms with E-state index in [9.17, 15) is 18.0 Å². The largest absolute Gasteiger partial charge is 0.324 e. The molecule has 0 aliphatic carbocycles. The molecule has 2 aromatic rings. The Hall–Kier alpha value is -2.34. The maximum absolute atomic E-state index is 13.4. The topological polar surface area (TPSA) is 41.1 Å². The summed E-state index contributed by atoms with van der Waals surface area (Å²) < 4.78 is 39.5. The summed E-state index contributed by atoms with van der Waals surface area (Å²) in [6.07, 6.45) is 0.648. The second kappa shape index (κ2) is 8.33. The summed E-state index contributed by atoms with van der Waals surface area (Å²) in [6.45, 7) is 0.905. The molecule has 0 unspecified atom stereocenters. The Morgan fingerprint density at radius 3 is 2.48 bits per heavy atom. The predicted molar refractivity (Wildman–Crippen MR) is 82.6 cm³/mol. The zero-order valence-corrected chi connectivity index (χ0v) is 12.4. The number of carbonyl (C=O) groups is 1. The van der Waals surface area contributed by atoms with Gasteiger partial charge in [0.2, 0.25) is 5.91 Å². The van der Waals surface area contributed by atoms with Gasteiger partial charge in [0.1, 0.15) is 17.5 Å². The molecule has 2 N–H and O–H groups in total. The molecule has 0 fully saturated rings. The van der Waals surface area contributed by atoms with Crippen LogP contribution in [-0.2, 0) is 11.2 Å². The van der Waals surface area contributed by atoms with Crippen LogP contribution in [0.2, 0.25) is 0 Å². The Kier molecular flexibility index (Phi) is 6.17. The molecule has 0 heterocycles. The Labute approximate surface area is 132 Å². The van der Waals surface area contributed by atoms with Gasteiger partial charge in [0, 0.05) is 19.0 Å². The maximum Gasteiger partial charge on any atom is 0.225 e. The van der Waals surface area contributed by atoms with Crippen LogP contribution in [0, 0.1) is 17.5 Å². The van der Waals surface area contributed by atoms with Crippen LogP contribution in [0.3, 0.4) is 0 Å². The van der Waals surface area contributed by atoms with Gasteiger partial charge in [0.05, 0.1) is 5.69 Å². The highest BCUT2D eigenvalue weighted by Gasteiger charge is 2.07. The van der Waals surface area contributed by atoms with Gasteiger partial charge >= 0.3 is 0 Å². The number of anilines is 1. The van der Waals surface area contributed by atoms with Crippen molar-refractivity contribution in [3.63, 3.8) is 0 Å². The Bertz CT molecular complexity index is 677. The first-order valence-electron chi connectivity index (χ1n) is 7.25. The molecule has 0 aromatic heterocycles. The van der Waals surface area contributed by atoms with Gasteiger partial charge in [-0.15, -0.1) is 0 Å². The molecule has 0 saturated heterocycles. The number of benzene rings is 2. The van der Waals surface area contributed by atoms with E-state index in [0.29, 0.717) is 31.1 Å². The van der Waals surface area contributed by atoms with Crippen molar-refractivity contribution in [1.82, 2.24) is 5.32 Å². The van der Waals surface area contributed by atoms with Crippen LogP contribution in [0.15, 0.2) is 42.5 Å². The molecule has 0 atom stereocenters. The van der Waals surface area contributed by atoms with E-state index in [1.165, 1.54) is 12.1 Å². The molecule has 6 heteroatoms. The molecule has 3 nitrogen and oxygen atoms in total. The summed E-state index contributed by atoms with van der Waals surface area (Å²) in [5.41, 5.74) is 0.556. The van der Waals surface area contributed by atoms with Crippen LogP contribution < -0.4 is 10.6 Å². The fraction of sp³-hybridized carbons (Fsp3) is 0.235. The van der Waals surface area contributed by atoms with Crippen molar-refractivity contribution in [1.29, 1.82) is 0 Å². The van der Waals surface area contributed by atoms with Crippen molar-refractivity contribution in [3.05, 3.63) is 65.5 Å². The first-order chi connectivity index (χ1) is 11.1. The van der Waals surface area contributed by atoms with Crippen LogP contribution >= 0.6 is 0 Å². The summed E-state index contributed by atoms with van der Waals surface area (Å²) >= 11 is 0. The van der Waals surface area contributed by atoms with Crippen molar-refractivity contribution >= 4 is 11.6 Å². The van der Waals surface area contributed by atoms with Crippen LogP contribution in [0.5, 0.6) is 0 Å². The van der Waals surface area contributed by atoms with E-state index in [4.69, 9.17) is 0 Å². The third kappa shape index (κ3) is 5.41. The lowest BCUT2D eigenvalue weighted by Gasteiger charge is -2.08. The van der Waals surface area contributed by atoms with Crippen molar-refractivity contribution in [3.8, 4) is 0 Å². The van der Waals surface area contributed by atoms with E-state index in [2.05, 4.69) is 10.6 Å². The molecular weight excluding hydrogens is 305 g/mol. The van der Waals surface area contributed by atoms with Crippen molar-refractivity contribution < 1.29 is 18.0 Å². The van der Waals surface area contributed by atoms with Crippen LogP contribution in [0.1, 0.15) is 12.0 Å². The van der Waals surface area contributed by atoms with E-state index in [1.54, 1.807) is 18.2 Å². The molecular formula is C17H17F3N2O. The van der Waals surface area contributed by atoms with Crippen molar-refractivity contribution in [2.75, 3.05) is 18.4 Å². The van der Waals surface area contributed by atoms with E-state index < -0.39 is 11.6 Å². The normalized spacial score (nSPS) is 10.6. The van der Waals surface area contributed by atoms with Gasteiger partial charge in [-0.05, 0) is 36.7 Å². The Morgan fingerprint density at radius 2 is 1.74 bits per heavy atom. The van der Waals surface area contributed by atoms with Crippen LogP contribution in [0.25, 0.3) is 0 Å². The van der Waals surface area contributed by atoms with E-state index in [0.717, 1.165) is 6.07 Å². The fourth-order valence-corrected chi connectivity index (χ4v) is 2.05. The molecule has 2 aromatic carbocycles. The van der Waals surface area contributed by atoms with E-state index in [1.807, 2.05) is 0 Å². The number of carbonyl (C=O) groups excluding carboxylic acids is 1. The first kappa shape index (κ1) is 17.0. The molecule has 2 rings (SSSR count). The van der Waals surface area contributed by atoms with E-state index >= 15 is 0 Å². The van der Waals surface area contributed by atoms with Crippen LogP contribution in [-0.4, -0.2) is 19.0 Å². The summed E-state index contributed by atoms with van der Waals surface area (Å²) in [7, 11) is 0. The lowest BCUT2D eigenvalue weighted by atomic mass is 10.1. The SMILES string of the molecule is O=C(CCNCCc1ccccc1F)Nc1ccc(F)cc1F. The fourth-order valence-electron chi connectivity index (χ4n) is 2.05. The first-order valence-corrected chi connectivity index (χ1v) is 7.25. The van der Waals surface area contributed by atoms with Gasteiger partial charge in [-0.1, -0.05) is 18.2 Å². The summed E-state index contributed by atoms with van der Waals surface area (Å²) in [5, 5.41) is 5.39. The molecule has 0 saturated carbocycles. The molecule has 1 amide bonds.